The van der Waals surface area contributed by atoms with Gasteiger partial charge in [0.15, 0.2) is 0 Å². The van der Waals surface area contributed by atoms with E-state index in [1.165, 1.54) is 5.56 Å². The van der Waals surface area contributed by atoms with Crippen LogP contribution in [0.25, 0.3) is 0 Å². The lowest BCUT2D eigenvalue weighted by Crippen LogP contribution is -2.30. The summed E-state index contributed by atoms with van der Waals surface area (Å²) >= 11 is 0. The lowest BCUT2D eigenvalue weighted by atomic mass is 9.73. The zero-order valence-electron chi connectivity index (χ0n) is 15.4. The molecule has 3 aromatic rings. The standard InChI is InChI=1S/C24H24O3/c1-2-20-21(14-16-6-4-3-5-7-16)22-15-19(26)12-13-23(22)27-24(20)17-8-10-18(25)11-9-17/h3-13,15,20-21,24-26H,2,14H2,1H3/t20-,21?,24?/m1/s1. The van der Waals surface area contributed by atoms with Gasteiger partial charge in [-0.05, 0) is 60.2 Å². The number of phenols is 2. The van der Waals surface area contributed by atoms with E-state index in [2.05, 4.69) is 31.2 Å². The summed E-state index contributed by atoms with van der Waals surface area (Å²) in [5.74, 6) is 1.87. The Morgan fingerprint density at radius 3 is 2.26 bits per heavy atom. The molecule has 0 aliphatic carbocycles. The second-order valence-corrected chi connectivity index (χ2v) is 7.22. The minimum Gasteiger partial charge on any atom is -0.508 e. The van der Waals surface area contributed by atoms with E-state index in [-0.39, 0.29) is 29.4 Å². The molecule has 0 aromatic heterocycles. The monoisotopic (exact) mass is 360 g/mol. The van der Waals surface area contributed by atoms with Gasteiger partial charge in [-0.15, -0.1) is 0 Å². The summed E-state index contributed by atoms with van der Waals surface area (Å²) in [6, 6.07) is 23.2. The fourth-order valence-electron chi connectivity index (χ4n) is 4.21. The van der Waals surface area contributed by atoms with Crippen molar-refractivity contribution in [2.24, 2.45) is 5.92 Å². The molecule has 2 unspecified atom stereocenters. The summed E-state index contributed by atoms with van der Waals surface area (Å²) < 4.78 is 6.39. The van der Waals surface area contributed by atoms with E-state index in [1.807, 2.05) is 30.3 Å². The van der Waals surface area contributed by atoms with Crippen molar-refractivity contribution in [3.05, 3.63) is 89.5 Å². The van der Waals surface area contributed by atoms with Crippen molar-refractivity contribution < 1.29 is 14.9 Å². The molecular formula is C24H24O3. The molecule has 1 aliphatic rings. The van der Waals surface area contributed by atoms with Crippen LogP contribution in [0, 0.1) is 5.92 Å². The molecule has 0 saturated carbocycles. The van der Waals surface area contributed by atoms with Crippen LogP contribution in [0.3, 0.4) is 0 Å². The first-order valence-electron chi connectivity index (χ1n) is 9.48. The zero-order valence-corrected chi connectivity index (χ0v) is 15.4. The van der Waals surface area contributed by atoms with Crippen LogP contribution in [0.15, 0.2) is 72.8 Å². The molecule has 1 aliphatic heterocycles. The van der Waals surface area contributed by atoms with Gasteiger partial charge < -0.3 is 14.9 Å². The summed E-state index contributed by atoms with van der Waals surface area (Å²) in [4.78, 5) is 0. The number of aromatic hydroxyl groups is 2. The van der Waals surface area contributed by atoms with E-state index in [9.17, 15) is 10.2 Å². The van der Waals surface area contributed by atoms with Gasteiger partial charge in [-0.3, -0.25) is 0 Å². The summed E-state index contributed by atoms with van der Waals surface area (Å²) in [5, 5.41) is 19.7. The van der Waals surface area contributed by atoms with Crippen LogP contribution >= 0.6 is 0 Å². The molecule has 0 fully saturated rings. The van der Waals surface area contributed by atoms with Crippen molar-refractivity contribution >= 4 is 0 Å². The Kier molecular flexibility index (Phi) is 4.76. The Hall–Kier alpha value is -2.94. The molecule has 0 bridgehead atoms. The number of hydrogen-bond acceptors (Lipinski definition) is 3. The van der Waals surface area contributed by atoms with E-state index in [1.54, 1.807) is 18.2 Å². The first-order valence-corrected chi connectivity index (χ1v) is 9.48. The molecule has 3 aromatic carbocycles. The van der Waals surface area contributed by atoms with Gasteiger partial charge in [-0.2, -0.15) is 0 Å². The molecule has 0 radical (unpaired) electrons. The van der Waals surface area contributed by atoms with Gasteiger partial charge in [0, 0.05) is 11.5 Å². The summed E-state index contributed by atoms with van der Waals surface area (Å²) in [6.45, 7) is 2.19. The molecule has 3 heteroatoms. The van der Waals surface area contributed by atoms with Crippen molar-refractivity contribution in [3.8, 4) is 17.2 Å². The highest BCUT2D eigenvalue weighted by atomic mass is 16.5. The largest absolute Gasteiger partial charge is 0.508 e. The summed E-state index contributed by atoms with van der Waals surface area (Å²) in [5.41, 5.74) is 3.42. The topological polar surface area (TPSA) is 49.7 Å². The van der Waals surface area contributed by atoms with E-state index in [0.717, 1.165) is 29.7 Å². The second-order valence-electron chi connectivity index (χ2n) is 7.22. The Balaban J connectivity index is 1.78. The fourth-order valence-corrected chi connectivity index (χ4v) is 4.21. The quantitative estimate of drug-likeness (QED) is 0.638. The lowest BCUT2D eigenvalue weighted by molar-refractivity contribution is 0.0880. The molecule has 2 N–H and O–H groups in total. The SMILES string of the molecule is CC[C@@H]1C(Cc2ccccc2)c2cc(O)ccc2OC1c1ccc(O)cc1. The smallest absolute Gasteiger partial charge is 0.127 e. The molecule has 0 saturated heterocycles. The first kappa shape index (κ1) is 17.5. The predicted octanol–water partition coefficient (Wildman–Crippen LogP) is 5.58. The highest BCUT2D eigenvalue weighted by Gasteiger charge is 2.38. The number of benzene rings is 3. The van der Waals surface area contributed by atoms with Gasteiger partial charge in [0.25, 0.3) is 0 Å². The summed E-state index contributed by atoms with van der Waals surface area (Å²) in [6.07, 6.45) is 1.77. The molecule has 1 heterocycles. The third-order valence-electron chi connectivity index (χ3n) is 5.54. The molecule has 0 amide bonds. The van der Waals surface area contributed by atoms with E-state index < -0.39 is 0 Å². The number of ether oxygens (including phenoxy) is 1. The molecule has 27 heavy (non-hydrogen) atoms. The van der Waals surface area contributed by atoms with E-state index >= 15 is 0 Å². The van der Waals surface area contributed by atoms with E-state index in [4.69, 9.17) is 4.74 Å². The van der Waals surface area contributed by atoms with Crippen LogP contribution in [0.5, 0.6) is 17.2 Å². The zero-order chi connectivity index (χ0) is 18.8. The third-order valence-corrected chi connectivity index (χ3v) is 5.54. The molecule has 4 rings (SSSR count). The van der Waals surface area contributed by atoms with Crippen molar-refractivity contribution in [3.63, 3.8) is 0 Å². The van der Waals surface area contributed by atoms with Gasteiger partial charge in [-0.25, -0.2) is 0 Å². The van der Waals surface area contributed by atoms with Crippen LogP contribution < -0.4 is 4.74 Å². The van der Waals surface area contributed by atoms with Gasteiger partial charge in [0.05, 0.1) is 0 Å². The normalized spacial score (nSPS) is 21.3. The van der Waals surface area contributed by atoms with Gasteiger partial charge >= 0.3 is 0 Å². The molecule has 138 valence electrons. The minimum atomic E-state index is -0.0821. The maximum atomic E-state index is 10.1. The van der Waals surface area contributed by atoms with Gasteiger partial charge in [-0.1, -0.05) is 49.4 Å². The van der Waals surface area contributed by atoms with Crippen molar-refractivity contribution in [2.75, 3.05) is 0 Å². The Morgan fingerprint density at radius 1 is 0.852 bits per heavy atom. The van der Waals surface area contributed by atoms with Gasteiger partial charge in [0.2, 0.25) is 0 Å². The average molecular weight is 360 g/mol. The second kappa shape index (κ2) is 7.36. The van der Waals surface area contributed by atoms with Crippen molar-refractivity contribution in [2.45, 2.75) is 31.8 Å². The van der Waals surface area contributed by atoms with Crippen molar-refractivity contribution in [1.29, 1.82) is 0 Å². The van der Waals surface area contributed by atoms with Crippen LogP contribution in [-0.4, -0.2) is 10.2 Å². The van der Waals surface area contributed by atoms with Crippen LogP contribution in [0.1, 0.15) is 42.1 Å². The van der Waals surface area contributed by atoms with Crippen LogP contribution in [0.2, 0.25) is 0 Å². The Bertz CT molecular complexity index is 903. The molecular weight excluding hydrogens is 336 g/mol. The first-order chi connectivity index (χ1) is 13.2. The van der Waals surface area contributed by atoms with Gasteiger partial charge in [0.1, 0.15) is 23.4 Å². The summed E-state index contributed by atoms with van der Waals surface area (Å²) in [7, 11) is 0. The highest BCUT2D eigenvalue weighted by molar-refractivity contribution is 5.46. The lowest BCUT2D eigenvalue weighted by Gasteiger charge is -2.40. The molecule has 3 nitrogen and oxygen atoms in total. The van der Waals surface area contributed by atoms with Crippen LogP contribution in [0.4, 0.5) is 0 Å². The maximum absolute atomic E-state index is 10.1. The number of fused-ring (bicyclic) bond motifs is 1. The fraction of sp³-hybridized carbons (Fsp3) is 0.250. The number of phenolic OH excluding ortho intramolecular Hbond substituents is 2. The predicted molar refractivity (Wildman–Crippen MR) is 106 cm³/mol. The Labute approximate surface area is 159 Å². The van der Waals surface area contributed by atoms with Crippen molar-refractivity contribution in [1.82, 2.24) is 0 Å². The Morgan fingerprint density at radius 2 is 1.56 bits per heavy atom. The average Bonchev–Trinajstić information content (AvgIpc) is 2.69. The molecule has 3 atom stereocenters. The maximum Gasteiger partial charge on any atom is 0.127 e. The number of hydrogen-bond donors (Lipinski definition) is 2. The minimum absolute atomic E-state index is 0.0821. The number of rotatable bonds is 4. The van der Waals surface area contributed by atoms with Crippen LogP contribution in [-0.2, 0) is 6.42 Å². The highest BCUT2D eigenvalue weighted by Crippen LogP contribution is 2.49. The van der Waals surface area contributed by atoms with E-state index in [0.29, 0.717) is 0 Å². The molecule has 0 spiro atoms. The third kappa shape index (κ3) is 3.50.